The summed E-state index contributed by atoms with van der Waals surface area (Å²) in [7, 11) is 0. The topological polar surface area (TPSA) is 107 Å². The van der Waals surface area contributed by atoms with Crippen LogP contribution in [0.25, 0.3) is 0 Å². The lowest BCUT2D eigenvalue weighted by Crippen LogP contribution is -2.16. The molecule has 2 rings (SSSR count). The molecule has 0 bridgehead atoms. The minimum Gasteiger partial charge on any atom is -0.467 e. The van der Waals surface area contributed by atoms with E-state index in [0.717, 1.165) is 5.76 Å². The summed E-state index contributed by atoms with van der Waals surface area (Å²) in [5.41, 5.74) is 11.4. The van der Waals surface area contributed by atoms with E-state index in [-0.39, 0.29) is 5.56 Å². The molecule has 6 nitrogen and oxygen atoms in total. The second-order valence-electron chi connectivity index (χ2n) is 3.46. The van der Waals surface area contributed by atoms with Crippen molar-refractivity contribution in [2.45, 2.75) is 6.54 Å². The predicted octanol–water partition coefficient (Wildman–Crippen LogP) is 0.968. The van der Waals surface area contributed by atoms with Gasteiger partial charge in [-0.2, -0.15) is 0 Å². The van der Waals surface area contributed by atoms with Crippen molar-refractivity contribution in [1.29, 1.82) is 0 Å². The van der Waals surface area contributed by atoms with Crippen molar-refractivity contribution in [3.63, 3.8) is 0 Å². The minimum atomic E-state index is -0.577. The summed E-state index contributed by atoms with van der Waals surface area (Å²) < 4.78 is 5.15. The number of anilines is 2. The van der Waals surface area contributed by atoms with Crippen LogP contribution in [0.1, 0.15) is 16.1 Å². The number of rotatable bonds is 4. The standard InChI is InChI=1S/C11H12N4O2/c12-7-4-9(10(13)16)11(14-5-7)15-6-8-2-1-3-17-8/h1-5H,6,12H2,(H2,13,16)(H,14,15). The van der Waals surface area contributed by atoms with Crippen LogP contribution in [0.15, 0.2) is 35.1 Å². The summed E-state index contributed by atoms with van der Waals surface area (Å²) in [4.78, 5) is 15.2. The average molecular weight is 232 g/mol. The normalized spacial score (nSPS) is 10.1. The highest BCUT2D eigenvalue weighted by Crippen LogP contribution is 2.15. The molecule has 5 N–H and O–H groups in total. The molecule has 1 amide bonds. The predicted molar refractivity (Wildman–Crippen MR) is 63.2 cm³/mol. The van der Waals surface area contributed by atoms with E-state index in [4.69, 9.17) is 15.9 Å². The lowest BCUT2D eigenvalue weighted by Gasteiger charge is -2.08. The molecule has 0 saturated carbocycles. The molecule has 0 aliphatic carbocycles. The fourth-order valence-corrected chi connectivity index (χ4v) is 1.39. The summed E-state index contributed by atoms with van der Waals surface area (Å²) in [5.74, 6) is 0.550. The Morgan fingerprint density at radius 1 is 1.53 bits per heavy atom. The molecule has 2 heterocycles. The minimum absolute atomic E-state index is 0.261. The lowest BCUT2D eigenvalue weighted by molar-refractivity contribution is 0.100. The first-order valence-corrected chi connectivity index (χ1v) is 4.98. The molecule has 0 spiro atoms. The number of furan rings is 1. The fraction of sp³-hybridized carbons (Fsp3) is 0.0909. The van der Waals surface area contributed by atoms with Crippen LogP contribution in [0.4, 0.5) is 11.5 Å². The second-order valence-corrected chi connectivity index (χ2v) is 3.46. The van der Waals surface area contributed by atoms with Crippen LogP contribution < -0.4 is 16.8 Å². The van der Waals surface area contributed by atoms with Crippen LogP contribution in [0.3, 0.4) is 0 Å². The van der Waals surface area contributed by atoms with Crippen molar-refractivity contribution in [2.24, 2.45) is 5.73 Å². The summed E-state index contributed by atoms with van der Waals surface area (Å²) in [6.07, 6.45) is 3.03. The Hall–Kier alpha value is -2.50. The zero-order chi connectivity index (χ0) is 12.3. The van der Waals surface area contributed by atoms with Crippen molar-refractivity contribution in [3.05, 3.63) is 42.0 Å². The smallest absolute Gasteiger partial charge is 0.252 e. The Kier molecular flexibility index (Phi) is 2.95. The van der Waals surface area contributed by atoms with Gasteiger partial charge in [0.05, 0.1) is 30.3 Å². The van der Waals surface area contributed by atoms with E-state index in [1.54, 1.807) is 12.3 Å². The van der Waals surface area contributed by atoms with Crippen molar-refractivity contribution in [3.8, 4) is 0 Å². The van der Waals surface area contributed by atoms with E-state index >= 15 is 0 Å². The number of amides is 1. The zero-order valence-electron chi connectivity index (χ0n) is 9.01. The third-order valence-electron chi connectivity index (χ3n) is 2.18. The fourth-order valence-electron chi connectivity index (χ4n) is 1.39. The summed E-state index contributed by atoms with van der Waals surface area (Å²) in [5, 5.41) is 2.96. The number of hydrogen-bond acceptors (Lipinski definition) is 5. The zero-order valence-corrected chi connectivity index (χ0v) is 9.01. The second kappa shape index (κ2) is 4.56. The average Bonchev–Trinajstić information content (AvgIpc) is 2.80. The molecule has 0 aliphatic rings. The van der Waals surface area contributed by atoms with Crippen molar-refractivity contribution < 1.29 is 9.21 Å². The van der Waals surface area contributed by atoms with Gasteiger partial charge in [-0.3, -0.25) is 4.79 Å². The Morgan fingerprint density at radius 3 is 3.00 bits per heavy atom. The van der Waals surface area contributed by atoms with E-state index in [9.17, 15) is 4.79 Å². The van der Waals surface area contributed by atoms with Gasteiger partial charge in [-0.1, -0.05) is 0 Å². The number of carbonyl (C=O) groups is 1. The van der Waals surface area contributed by atoms with Crippen molar-refractivity contribution in [1.82, 2.24) is 4.98 Å². The number of nitrogens with one attached hydrogen (secondary N) is 1. The molecular formula is C11H12N4O2. The SMILES string of the molecule is NC(=O)c1cc(N)cnc1NCc1ccco1. The van der Waals surface area contributed by atoms with E-state index in [1.165, 1.54) is 12.3 Å². The largest absolute Gasteiger partial charge is 0.467 e. The molecule has 2 aromatic heterocycles. The summed E-state index contributed by atoms with van der Waals surface area (Å²) in [6.45, 7) is 0.421. The van der Waals surface area contributed by atoms with Crippen LogP contribution in [-0.4, -0.2) is 10.9 Å². The van der Waals surface area contributed by atoms with Crippen LogP contribution >= 0.6 is 0 Å². The van der Waals surface area contributed by atoms with Crippen LogP contribution in [-0.2, 0) is 6.54 Å². The maximum absolute atomic E-state index is 11.2. The Labute approximate surface area is 97.6 Å². The number of nitrogen functional groups attached to an aromatic ring is 1. The van der Waals surface area contributed by atoms with Gasteiger partial charge in [0, 0.05) is 0 Å². The van der Waals surface area contributed by atoms with E-state index in [0.29, 0.717) is 18.1 Å². The molecule has 2 aromatic rings. The molecule has 88 valence electrons. The number of carbonyl (C=O) groups excluding carboxylic acids is 1. The first kappa shape index (κ1) is 11.0. The Bertz CT molecular complexity index is 522. The van der Waals surface area contributed by atoms with Gasteiger partial charge in [-0.15, -0.1) is 0 Å². The monoisotopic (exact) mass is 232 g/mol. The number of primary amides is 1. The number of aromatic nitrogens is 1. The first-order chi connectivity index (χ1) is 8.16. The quantitative estimate of drug-likeness (QED) is 0.728. The van der Waals surface area contributed by atoms with Crippen LogP contribution in [0, 0.1) is 0 Å². The molecule has 6 heteroatoms. The number of nitrogens with two attached hydrogens (primary N) is 2. The van der Waals surface area contributed by atoms with Gasteiger partial charge in [0.1, 0.15) is 11.6 Å². The maximum atomic E-state index is 11.2. The summed E-state index contributed by atoms with van der Waals surface area (Å²) >= 11 is 0. The highest BCUT2D eigenvalue weighted by molar-refractivity contribution is 5.98. The molecule has 0 aliphatic heterocycles. The Morgan fingerprint density at radius 2 is 2.35 bits per heavy atom. The number of nitrogens with zero attached hydrogens (tertiary/aromatic N) is 1. The van der Waals surface area contributed by atoms with E-state index in [2.05, 4.69) is 10.3 Å². The van der Waals surface area contributed by atoms with Gasteiger partial charge in [0.15, 0.2) is 0 Å². The third kappa shape index (κ3) is 2.54. The molecule has 0 atom stereocenters. The highest BCUT2D eigenvalue weighted by atomic mass is 16.3. The third-order valence-corrected chi connectivity index (χ3v) is 2.18. The van der Waals surface area contributed by atoms with E-state index in [1.807, 2.05) is 6.07 Å². The van der Waals surface area contributed by atoms with Gasteiger partial charge in [0.25, 0.3) is 5.91 Å². The van der Waals surface area contributed by atoms with Gasteiger partial charge < -0.3 is 21.2 Å². The number of hydrogen-bond donors (Lipinski definition) is 3. The first-order valence-electron chi connectivity index (χ1n) is 4.98. The molecule has 0 radical (unpaired) electrons. The summed E-state index contributed by atoms with van der Waals surface area (Å²) in [6, 6.07) is 5.08. The van der Waals surface area contributed by atoms with Crippen LogP contribution in [0.2, 0.25) is 0 Å². The molecular weight excluding hydrogens is 220 g/mol. The lowest BCUT2D eigenvalue weighted by atomic mass is 10.2. The maximum Gasteiger partial charge on any atom is 0.252 e. The van der Waals surface area contributed by atoms with Crippen LogP contribution in [0.5, 0.6) is 0 Å². The molecule has 17 heavy (non-hydrogen) atoms. The van der Waals surface area contributed by atoms with Gasteiger partial charge >= 0.3 is 0 Å². The molecule has 0 saturated heterocycles. The van der Waals surface area contributed by atoms with Gasteiger partial charge in [-0.05, 0) is 18.2 Å². The van der Waals surface area contributed by atoms with Crippen molar-refractivity contribution in [2.75, 3.05) is 11.1 Å². The van der Waals surface area contributed by atoms with E-state index < -0.39 is 5.91 Å². The Balaban J connectivity index is 2.17. The van der Waals surface area contributed by atoms with Gasteiger partial charge in [0.2, 0.25) is 0 Å². The molecule has 0 aromatic carbocycles. The molecule has 0 unspecified atom stereocenters. The van der Waals surface area contributed by atoms with Crippen molar-refractivity contribution >= 4 is 17.4 Å². The molecule has 0 fully saturated rings. The van der Waals surface area contributed by atoms with Gasteiger partial charge in [-0.25, -0.2) is 4.98 Å². The number of pyridine rings is 1. The highest BCUT2D eigenvalue weighted by Gasteiger charge is 2.10.